The predicted octanol–water partition coefficient (Wildman–Crippen LogP) is 2.06. The van der Waals surface area contributed by atoms with Gasteiger partial charge in [-0.05, 0) is 45.8 Å². The number of ether oxygens (including phenoxy) is 1. The van der Waals surface area contributed by atoms with Gasteiger partial charge in [0, 0.05) is 31.0 Å². The molecule has 0 spiro atoms. The van der Waals surface area contributed by atoms with Crippen LogP contribution in [0.2, 0.25) is 0 Å². The summed E-state index contributed by atoms with van der Waals surface area (Å²) < 4.78 is 5.84. The van der Waals surface area contributed by atoms with Crippen molar-refractivity contribution < 1.29 is 4.74 Å². The minimum atomic E-state index is 0.225. The van der Waals surface area contributed by atoms with Crippen LogP contribution in [0.15, 0.2) is 0 Å². The van der Waals surface area contributed by atoms with E-state index in [0.717, 1.165) is 50.0 Å². The standard InChI is InChI=1S/C17H30N4O/c1-12(2)9-16-13(3)18-17(19-14(16)4)21-7-8-22-15(11-21)10-20(5)6/h12,15H,7-11H2,1-6H3. The van der Waals surface area contributed by atoms with Gasteiger partial charge in [-0.25, -0.2) is 9.97 Å². The molecule has 0 aromatic carbocycles. The number of hydrogen-bond acceptors (Lipinski definition) is 5. The van der Waals surface area contributed by atoms with Crippen molar-refractivity contribution in [3.63, 3.8) is 0 Å². The SMILES string of the molecule is Cc1nc(N2CCOC(CN(C)C)C2)nc(C)c1CC(C)C. The topological polar surface area (TPSA) is 41.5 Å². The number of aromatic nitrogens is 2. The van der Waals surface area contributed by atoms with Crippen molar-refractivity contribution in [1.29, 1.82) is 0 Å². The van der Waals surface area contributed by atoms with Crippen LogP contribution in [0.1, 0.15) is 30.8 Å². The average molecular weight is 306 g/mol. The Kier molecular flexibility index (Phi) is 5.75. The molecule has 1 aromatic heterocycles. The van der Waals surface area contributed by atoms with E-state index in [1.807, 2.05) is 0 Å². The largest absolute Gasteiger partial charge is 0.373 e. The molecule has 0 aliphatic carbocycles. The van der Waals surface area contributed by atoms with Crippen LogP contribution in [0.25, 0.3) is 0 Å². The number of aryl methyl sites for hydroxylation is 2. The highest BCUT2D eigenvalue weighted by Crippen LogP contribution is 2.20. The highest BCUT2D eigenvalue weighted by atomic mass is 16.5. The molecule has 1 fully saturated rings. The molecule has 5 heteroatoms. The number of hydrogen-bond donors (Lipinski definition) is 0. The van der Waals surface area contributed by atoms with Gasteiger partial charge in [-0.15, -0.1) is 0 Å². The molecule has 0 bridgehead atoms. The maximum atomic E-state index is 5.84. The summed E-state index contributed by atoms with van der Waals surface area (Å²) in [6.45, 7) is 12.1. The molecule has 0 saturated carbocycles. The summed E-state index contributed by atoms with van der Waals surface area (Å²) in [5.41, 5.74) is 3.54. The summed E-state index contributed by atoms with van der Waals surface area (Å²) in [5.74, 6) is 1.48. The van der Waals surface area contributed by atoms with E-state index >= 15 is 0 Å². The lowest BCUT2D eigenvalue weighted by Gasteiger charge is -2.34. The Bertz CT molecular complexity index is 478. The zero-order chi connectivity index (χ0) is 16.3. The Hall–Kier alpha value is -1.20. The molecule has 1 saturated heterocycles. The number of nitrogens with zero attached hydrogens (tertiary/aromatic N) is 4. The monoisotopic (exact) mass is 306 g/mol. The molecule has 124 valence electrons. The summed E-state index contributed by atoms with van der Waals surface area (Å²) in [6, 6.07) is 0. The predicted molar refractivity (Wildman–Crippen MR) is 90.6 cm³/mol. The third kappa shape index (κ3) is 4.40. The first-order chi connectivity index (χ1) is 10.4. The van der Waals surface area contributed by atoms with Gasteiger partial charge in [0.25, 0.3) is 0 Å². The summed E-state index contributed by atoms with van der Waals surface area (Å²) in [6.07, 6.45) is 1.27. The summed E-state index contributed by atoms with van der Waals surface area (Å²) in [7, 11) is 4.15. The summed E-state index contributed by atoms with van der Waals surface area (Å²) in [4.78, 5) is 14.0. The summed E-state index contributed by atoms with van der Waals surface area (Å²) in [5, 5.41) is 0. The van der Waals surface area contributed by atoms with Crippen LogP contribution in [0.5, 0.6) is 0 Å². The Labute approximate surface area is 134 Å². The zero-order valence-electron chi connectivity index (χ0n) is 14.9. The number of rotatable bonds is 5. The van der Waals surface area contributed by atoms with Gasteiger partial charge < -0.3 is 14.5 Å². The van der Waals surface area contributed by atoms with Crippen molar-refractivity contribution >= 4 is 5.95 Å². The Morgan fingerprint density at radius 2 is 1.86 bits per heavy atom. The normalized spacial score (nSPS) is 19.3. The van der Waals surface area contributed by atoms with Crippen molar-refractivity contribution in [1.82, 2.24) is 14.9 Å². The van der Waals surface area contributed by atoms with E-state index in [-0.39, 0.29) is 6.10 Å². The van der Waals surface area contributed by atoms with Gasteiger partial charge in [0.15, 0.2) is 0 Å². The molecule has 1 unspecified atom stereocenters. The fraction of sp³-hybridized carbons (Fsp3) is 0.765. The molecule has 5 nitrogen and oxygen atoms in total. The molecule has 2 heterocycles. The third-order valence-corrected chi connectivity index (χ3v) is 4.01. The summed E-state index contributed by atoms with van der Waals surface area (Å²) >= 11 is 0. The van der Waals surface area contributed by atoms with E-state index in [1.165, 1.54) is 5.56 Å². The van der Waals surface area contributed by atoms with E-state index in [9.17, 15) is 0 Å². The quantitative estimate of drug-likeness (QED) is 0.833. The molecule has 1 atom stereocenters. The van der Waals surface area contributed by atoms with Crippen molar-refractivity contribution in [2.75, 3.05) is 45.2 Å². The minimum Gasteiger partial charge on any atom is -0.373 e. The van der Waals surface area contributed by atoms with E-state index in [0.29, 0.717) is 5.92 Å². The fourth-order valence-electron chi connectivity index (χ4n) is 2.99. The lowest BCUT2D eigenvalue weighted by atomic mass is 10.0. The first-order valence-electron chi connectivity index (χ1n) is 8.22. The molecule has 0 amide bonds. The first-order valence-corrected chi connectivity index (χ1v) is 8.22. The highest BCUT2D eigenvalue weighted by Gasteiger charge is 2.23. The smallest absolute Gasteiger partial charge is 0.225 e. The molecule has 1 aromatic rings. The van der Waals surface area contributed by atoms with Gasteiger partial charge >= 0.3 is 0 Å². The molecular weight excluding hydrogens is 276 g/mol. The van der Waals surface area contributed by atoms with Crippen LogP contribution in [0, 0.1) is 19.8 Å². The van der Waals surface area contributed by atoms with Crippen molar-refractivity contribution in [2.24, 2.45) is 5.92 Å². The lowest BCUT2D eigenvalue weighted by Crippen LogP contribution is -2.47. The first kappa shape index (κ1) is 17.2. The minimum absolute atomic E-state index is 0.225. The molecule has 2 rings (SSSR count). The van der Waals surface area contributed by atoms with Crippen LogP contribution in [-0.2, 0) is 11.2 Å². The Morgan fingerprint density at radius 1 is 1.23 bits per heavy atom. The van der Waals surface area contributed by atoms with Gasteiger partial charge in [-0.2, -0.15) is 0 Å². The van der Waals surface area contributed by atoms with E-state index in [4.69, 9.17) is 14.7 Å². The van der Waals surface area contributed by atoms with Crippen molar-refractivity contribution in [3.8, 4) is 0 Å². The van der Waals surface area contributed by atoms with Crippen LogP contribution >= 0.6 is 0 Å². The van der Waals surface area contributed by atoms with E-state index in [1.54, 1.807) is 0 Å². The molecule has 1 aliphatic rings. The van der Waals surface area contributed by atoms with Crippen LogP contribution in [-0.4, -0.2) is 61.3 Å². The fourth-order valence-corrected chi connectivity index (χ4v) is 2.99. The van der Waals surface area contributed by atoms with E-state index in [2.05, 4.69) is 51.6 Å². The Morgan fingerprint density at radius 3 is 2.41 bits per heavy atom. The van der Waals surface area contributed by atoms with Gasteiger partial charge in [0.2, 0.25) is 5.95 Å². The Balaban J connectivity index is 2.15. The maximum Gasteiger partial charge on any atom is 0.225 e. The van der Waals surface area contributed by atoms with Crippen molar-refractivity contribution in [2.45, 2.75) is 40.2 Å². The highest BCUT2D eigenvalue weighted by molar-refractivity contribution is 5.37. The molecular formula is C17H30N4O. The second-order valence-corrected chi connectivity index (χ2v) is 6.97. The number of morpholine rings is 1. The van der Waals surface area contributed by atoms with Crippen molar-refractivity contribution in [3.05, 3.63) is 17.0 Å². The van der Waals surface area contributed by atoms with Gasteiger partial charge in [0.05, 0.1) is 12.7 Å². The van der Waals surface area contributed by atoms with Gasteiger partial charge in [-0.3, -0.25) is 0 Å². The second-order valence-electron chi connectivity index (χ2n) is 6.97. The molecule has 1 aliphatic heterocycles. The third-order valence-electron chi connectivity index (χ3n) is 4.01. The average Bonchev–Trinajstić information content (AvgIpc) is 2.42. The number of likely N-dealkylation sites (N-methyl/N-ethyl adjacent to an activating group) is 1. The van der Waals surface area contributed by atoms with Crippen LogP contribution in [0.4, 0.5) is 5.95 Å². The molecule has 0 N–H and O–H groups in total. The van der Waals surface area contributed by atoms with E-state index < -0.39 is 0 Å². The van der Waals surface area contributed by atoms with Crippen LogP contribution in [0.3, 0.4) is 0 Å². The zero-order valence-corrected chi connectivity index (χ0v) is 14.9. The molecule has 22 heavy (non-hydrogen) atoms. The maximum absolute atomic E-state index is 5.84. The van der Waals surface area contributed by atoms with Gasteiger partial charge in [0.1, 0.15) is 0 Å². The van der Waals surface area contributed by atoms with Crippen LogP contribution < -0.4 is 4.90 Å². The number of anilines is 1. The molecule has 0 radical (unpaired) electrons. The van der Waals surface area contributed by atoms with Gasteiger partial charge in [-0.1, -0.05) is 13.8 Å². The lowest BCUT2D eigenvalue weighted by molar-refractivity contribution is 0.0242. The second kappa shape index (κ2) is 7.38.